The molecule has 0 saturated heterocycles. The third kappa shape index (κ3) is 2.02. The van der Waals surface area contributed by atoms with Crippen molar-refractivity contribution in [2.75, 3.05) is 5.32 Å². The Morgan fingerprint density at radius 2 is 2.05 bits per heavy atom. The average Bonchev–Trinajstić information content (AvgIpc) is 3.10. The summed E-state index contributed by atoms with van der Waals surface area (Å²) >= 11 is 1.73. The van der Waals surface area contributed by atoms with Crippen LogP contribution in [0.1, 0.15) is 5.01 Å². The summed E-state index contributed by atoms with van der Waals surface area (Å²) in [6.07, 6.45) is 1.71. The first-order valence-electron chi connectivity index (χ1n) is 6.40. The maximum absolute atomic E-state index is 4.62. The summed E-state index contributed by atoms with van der Waals surface area (Å²) in [4.78, 5) is 11.9. The van der Waals surface area contributed by atoms with Gasteiger partial charge in [-0.25, -0.2) is 9.97 Å². The monoisotopic (exact) mass is 280 g/mol. The largest absolute Gasteiger partial charge is 0.378 e. The zero-order valence-electron chi connectivity index (χ0n) is 10.6. The maximum Gasteiger partial charge on any atom is 0.113 e. The molecule has 2 aromatic heterocycles. The molecule has 20 heavy (non-hydrogen) atoms. The van der Waals surface area contributed by atoms with Crippen molar-refractivity contribution in [3.63, 3.8) is 0 Å². The normalized spacial score (nSPS) is 11.2. The number of rotatable bonds is 3. The first kappa shape index (κ1) is 11.4. The molecule has 0 saturated carbocycles. The Labute approximate surface area is 119 Å². The molecule has 5 heteroatoms. The zero-order valence-corrected chi connectivity index (χ0v) is 11.4. The molecule has 98 valence electrons. The molecule has 0 aliphatic carbocycles. The van der Waals surface area contributed by atoms with Crippen LogP contribution in [0.5, 0.6) is 0 Å². The number of hydrogen-bond acceptors (Lipinski definition) is 4. The van der Waals surface area contributed by atoms with Gasteiger partial charge in [0, 0.05) is 5.69 Å². The molecule has 0 bridgehead atoms. The van der Waals surface area contributed by atoms with E-state index in [9.17, 15) is 0 Å². The minimum absolute atomic E-state index is 0.735. The highest BCUT2D eigenvalue weighted by atomic mass is 32.1. The first-order valence-corrected chi connectivity index (χ1v) is 7.21. The predicted octanol–water partition coefficient (Wildman–Crippen LogP) is 3.78. The fraction of sp³-hybridized carbons (Fsp3) is 0.0667. The van der Waals surface area contributed by atoms with E-state index >= 15 is 0 Å². The van der Waals surface area contributed by atoms with Crippen molar-refractivity contribution in [1.29, 1.82) is 0 Å². The smallest absolute Gasteiger partial charge is 0.113 e. The van der Waals surface area contributed by atoms with E-state index in [1.54, 1.807) is 17.7 Å². The Morgan fingerprint density at radius 1 is 1.10 bits per heavy atom. The van der Waals surface area contributed by atoms with E-state index < -0.39 is 0 Å². The third-order valence-corrected chi connectivity index (χ3v) is 4.24. The lowest BCUT2D eigenvalue weighted by Gasteiger charge is -2.03. The van der Waals surface area contributed by atoms with Gasteiger partial charge in [-0.15, -0.1) is 11.3 Å². The standard InChI is InChI=1S/C15H12N4S/c1-2-4-14-12(3-1)19-15(20-14)8-16-10-5-6-11-13(7-10)18-9-17-11/h1-7,9,16H,8H2,(H,17,18). The number of aromatic nitrogens is 3. The molecule has 4 aromatic rings. The summed E-state index contributed by atoms with van der Waals surface area (Å²) in [5, 5.41) is 4.50. The fourth-order valence-electron chi connectivity index (χ4n) is 2.22. The van der Waals surface area contributed by atoms with Gasteiger partial charge in [0.1, 0.15) is 5.01 Å². The van der Waals surface area contributed by atoms with Crippen LogP contribution in [0.2, 0.25) is 0 Å². The van der Waals surface area contributed by atoms with Gasteiger partial charge < -0.3 is 10.3 Å². The van der Waals surface area contributed by atoms with Gasteiger partial charge in [0.15, 0.2) is 0 Å². The number of hydrogen-bond donors (Lipinski definition) is 2. The van der Waals surface area contributed by atoms with Gasteiger partial charge in [-0.3, -0.25) is 0 Å². The first-order chi connectivity index (χ1) is 9.88. The van der Waals surface area contributed by atoms with Gasteiger partial charge in [0.25, 0.3) is 0 Å². The van der Waals surface area contributed by atoms with Crippen LogP contribution < -0.4 is 5.32 Å². The van der Waals surface area contributed by atoms with Gasteiger partial charge in [-0.1, -0.05) is 12.1 Å². The Balaban J connectivity index is 1.56. The summed E-state index contributed by atoms with van der Waals surface area (Å²) in [5.74, 6) is 0. The van der Waals surface area contributed by atoms with E-state index in [1.165, 1.54) is 4.70 Å². The number of nitrogens with one attached hydrogen (secondary N) is 2. The number of imidazole rings is 1. The summed E-state index contributed by atoms with van der Waals surface area (Å²) in [5.41, 5.74) is 4.16. The molecule has 0 aliphatic rings. The third-order valence-electron chi connectivity index (χ3n) is 3.20. The number of benzene rings is 2. The number of aromatic amines is 1. The van der Waals surface area contributed by atoms with E-state index in [1.807, 2.05) is 30.3 Å². The summed E-state index contributed by atoms with van der Waals surface area (Å²) < 4.78 is 1.23. The van der Waals surface area contributed by atoms with Crippen LogP contribution in [0.25, 0.3) is 21.3 Å². The van der Waals surface area contributed by atoms with Gasteiger partial charge in [-0.2, -0.15) is 0 Å². The van der Waals surface area contributed by atoms with Crippen molar-refractivity contribution in [2.45, 2.75) is 6.54 Å². The lowest BCUT2D eigenvalue weighted by molar-refractivity contribution is 1.12. The predicted molar refractivity (Wildman–Crippen MR) is 83.0 cm³/mol. The SMILES string of the molecule is c1ccc2sc(CNc3ccc4nc[nH]c4c3)nc2c1. The van der Waals surface area contributed by atoms with Crippen LogP contribution >= 0.6 is 11.3 Å². The van der Waals surface area contributed by atoms with Crippen molar-refractivity contribution in [3.8, 4) is 0 Å². The molecule has 0 atom stereocenters. The molecule has 2 aromatic carbocycles. The molecule has 2 heterocycles. The molecule has 0 unspecified atom stereocenters. The minimum Gasteiger partial charge on any atom is -0.378 e. The lowest BCUT2D eigenvalue weighted by Crippen LogP contribution is -1.98. The molecular formula is C15H12N4S. The number of nitrogens with zero attached hydrogens (tertiary/aromatic N) is 2. The molecule has 0 radical (unpaired) electrons. The second kappa shape index (κ2) is 4.61. The van der Waals surface area contributed by atoms with E-state index in [2.05, 4.69) is 32.4 Å². The van der Waals surface area contributed by atoms with E-state index in [-0.39, 0.29) is 0 Å². The summed E-state index contributed by atoms with van der Waals surface area (Å²) in [6, 6.07) is 14.3. The van der Waals surface area contributed by atoms with Crippen molar-refractivity contribution >= 4 is 38.3 Å². The van der Waals surface area contributed by atoms with Gasteiger partial charge in [-0.05, 0) is 30.3 Å². The van der Waals surface area contributed by atoms with Crippen molar-refractivity contribution in [3.05, 3.63) is 53.8 Å². The Hall–Kier alpha value is -2.40. The molecule has 4 rings (SSSR count). The number of para-hydroxylation sites is 1. The molecule has 2 N–H and O–H groups in total. The number of fused-ring (bicyclic) bond motifs is 2. The number of anilines is 1. The van der Waals surface area contributed by atoms with Crippen LogP contribution in [-0.4, -0.2) is 15.0 Å². The molecule has 0 spiro atoms. The Morgan fingerprint density at radius 3 is 3.00 bits per heavy atom. The van der Waals surface area contributed by atoms with Crippen molar-refractivity contribution < 1.29 is 0 Å². The molecule has 0 aliphatic heterocycles. The minimum atomic E-state index is 0.735. The van der Waals surface area contributed by atoms with Crippen LogP contribution in [0.3, 0.4) is 0 Å². The Bertz CT molecular complexity index is 842. The molecule has 4 nitrogen and oxygen atoms in total. The maximum atomic E-state index is 4.62. The average molecular weight is 280 g/mol. The molecule has 0 fully saturated rings. The van der Waals surface area contributed by atoms with E-state index in [4.69, 9.17) is 0 Å². The Kier molecular flexibility index (Phi) is 2.63. The lowest BCUT2D eigenvalue weighted by atomic mass is 10.3. The number of H-pyrrole nitrogens is 1. The summed E-state index contributed by atoms with van der Waals surface area (Å²) in [7, 11) is 0. The number of thiazole rings is 1. The molecule has 0 amide bonds. The second-order valence-corrected chi connectivity index (χ2v) is 5.68. The molecular weight excluding hydrogens is 268 g/mol. The van der Waals surface area contributed by atoms with Crippen LogP contribution in [-0.2, 0) is 6.54 Å². The zero-order chi connectivity index (χ0) is 13.4. The highest BCUT2D eigenvalue weighted by Crippen LogP contribution is 2.23. The topological polar surface area (TPSA) is 53.6 Å². The van der Waals surface area contributed by atoms with Crippen molar-refractivity contribution in [1.82, 2.24) is 15.0 Å². The highest BCUT2D eigenvalue weighted by molar-refractivity contribution is 7.18. The fourth-order valence-corrected chi connectivity index (χ4v) is 3.13. The second-order valence-electron chi connectivity index (χ2n) is 4.56. The van der Waals surface area contributed by atoms with Gasteiger partial charge >= 0.3 is 0 Å². The van der Waals surface area contributed by atoms with E-state index in [0.29, 0.717) is 0 Å². The van der Waals surface area contributed by atoms with Crippen LogP contribution in [0.15, 0.2) is 48.8 Å². The van der Waals surface area contributed by atoms with Crippen LogP contribution in [0.4, 0.5) is 5.69 Å². The summed E-state index contributed by atoms with van der Waals surface area (Å²) in [6.45, 7) is 0.735. The van der Waals surface area contributed by atoms with Crippen molar-refractivity contribution in [2.24, 2.45) is 0 Å². The van der Waals surface area contributed by atoms with Gasteiger partial charge in [0.2, 0.25) is 0 Å². The van der Waals surface area contributed by atoms with Gasteiger partial charge in [0.05, 0.1) is 34.1 Å². The van der Waals surface area contributed by atoms with Crippen LogP contribution in [0, 0.1) is 0 Å². The highest BCUT2D eigenvalue weighted by Gasteiger charge is 2.03. The van der Waals surface area contributed by atoms with E-state index in [0.717, 1.165) is 33.8 Å². The quantitative estimate of drug-likeness (QED) is 0.600.